The molecule has 0 aliphatic heterocycles. The van der Waals surface area contributed by atoms with Crippen LogP contribution in [0.3, 0.4) is 0 Å². The number of hydrogen-bond donors (Lipinski definition) is 2. The molecule has 1 aliphatic rings. The molecule has 0 atom stereocenters. The fourth-order valence-corrected chi connectivity index (χ4v) is 4.08. The summed E-state index contributed by atoms with van der Waals surface area (Å²) in [5.74, 6) is 1.84. The molecule has 1 aromatic carbocycles. The molecule has 0 amide bonds. The molecule has 0 saturated heterocycles. The van der Waals surface area contributed by atoms with Gasteiger partial charge in [-0.1, -0.05) is 30.7 Å². The zero-order valence-electron chi connectivity index (χ0n) is 18.6. The summed E-state index contributed by atoms with van der Waals surface area (Å²) in [6.45, 7) is 4.18. The van der Waals surface area contributed by atoms with Gasteiger partial charge in [0.1, 0.15) is 5.76 Å². The summed E-state index contributed by atoms with van der Waals surface area (Å²) in [5.41, 5.74) is 2.95. The molecule has 6 heteroatoms. The standard InChI is InChI=1S/C24H36N4O2/c1-25-23(27-19-24(11-7-12-24)13-15-29-3)26-16-20-8-4-5-9-21(20)17-28(2)18-22-10-6-14-30-22/h4-6,8-10,14H,7,11-13,15-19H2,1-3H3,(H2,25,26,27). The van der Waals surface area contributed by atoms with Crippen LogP contribution in [0.2, 0.25) is 0 Å². The van der Waals surface area contributed by atoms with Crippen LogP contribution in [-0.4, -0.2) is 45.2 Å². The van der Waals surface area contributed by atoms with E-state index in [0.717, 1.165) is 50.9 Å². The van der Waals surface area contributed by atoms with Gasteiger partial charge in [-0.2, -0.15) is 0 Å². The van der Waals surface area contributed by atoms with Gasteiger partial charge in [-0.05, 0) is 55.0 Å². The number of ether oxygens (including phenoxy) is 1. The van der Waals surface area contributed by atoms with E-state index >= 15 is 0 Å². The highest BCUT2D eigenvalue weighted by atomic mass is 16.5. The predicted molar refractivity (Wildman–Crippen MR) is 121 cm³/mol. The van der Waals surface area contributed by atoms with Crippen LogP contribution in [-0.2, 0) is 24.4 Å². The third-order valence-electron chi connectivity index (χ3n) is 6.12. The Morgan fingerprint density at radius 2 is 1.93 bits per heavy atom. The predicted octanol–water partition coefficient (Wildman–Crippen LogP) is 3.78. The summed E-state index contributed by atoms with van der Waals surface area (Å²) in [6, 6.07) is 12.5. The Labute approximate surface area is 180 Å². The Balaban J connectivity index is 1.51. The van der Waals surface area contributed by atoms with Crippen LogP contribution >= 0.6 is 0 Å². The second-order valence-corrected chi connectivity index (χ2v) is 8.40. The average molecular weight is 413 g/mol. The van der Waals surface area contributed by atoms with Gasteiger partial charge in [0, 0.05) is 40.4 Å². The maximum atomic E-state index is 5.47. The van der Waals surface area contributed by atoms with Crippen LogP contribution in [0, 0.1) is 5.41 Å². The molecule has 6 nitrogen and oxygen atoms in total. The summed E-state index contributed by atoms with van der Waals surface area (Å²) in [7, 11) is 5.73. The van der Waals surface area contributed by atoms with E-state index in [1.54, 1.807) is 13.4 Å². The van der Waals surface area contributed by atoms with E-state index in [2.05, 4.69) is 51.8 Å². The van der Waals surface area contributed by atoms with Crippen LogP contribution in [0.1, 0.15) is 42.6 Å². The Hall–Kier alpha value is -2.31. The van der Waals surface area contributed by atoms with Gasteiger partial charge < -0.3 is 19.8 Å². The SMILES string of the molecule is CN=C(NCc1ccccc1CN(C)Cc1ccco1)NCC1(CCOC)CCC1. The lowest BCUT2D eigenvalue weighted by Crippen LogP contribution is -2.46. The van der Waals surface area contributed by atoms with E-state index in [1.807, 2.05) is 19.2 Å². The average Bonchev–Trinajstić information content (AvgIpc) is 3.23. The number of aliphatic imine (C=N–C) groups is 1. The molecular formula is C24H36N4O2. The minimum Gasteiger partial charge on any atom is -0.468 e. The fourth-order valence-electron chi connectivity index (χ4n) is 4.08. The van der Waals surface area contributed by atoms with Crippen LogP contribution in [0.5, 0.6) is 0 Å². The van der Waals surface area contributed by atoms with E-state index in [-0.39, 0.29) is 0 Å². The van der Waals surface area contributed by atoms with Gasteiger partial charge in [0.2, 0.25) is 0 Å². The van der Waals surface area contributed by atoms with Crippen LogP contribution in [0.25, 0.3) is 0 Å². The van der Waals surface area contributed by atoms with Crippen molar-refractivity contribution < 1.29 is 9.15 Å². The van der Waals surface area contributed by atoms with E-state index in [4.69, 9.17) is 9.15 Å². The molecule has 1 aliphatic carbocycles. The number of rotatable bonds is 11. The van der Waals surface area contributed by atoms with Gasteiger partial charge in [-0.25, -0.2) is 0 Å². The molecule has 30 heavy (non-hydrogen) atoms. The number of nitrogens with zero attached hydrogens (tertiary/aromatic N) is 2. The molecule has 0 bridgehead atoms. The lowest BCUT2D eigenvalue weighted by molar-refractivity contribution is 0.0732. The molecule has 1 heterocycles. The Kier molecular flexibility index (Phi) is 8.34. The van der Waals surface area contributed by atoms with Crippen LogP contribution in [0.4, 0.5) is 0 Å². The second kappa shape index (κ2) is 11.2. The molecule has 0 spiro atoms. The zero-order valence-corrected chi connectivity index (χ0v) is 18.6. The largest absolute Gasteiger partial charge is 0.468 e. The van der Waals surface area contributed by atoms with Crippen molar-refractivity contribution in [2.45, 2.75) is 45.3 Å². The Morgan fingerprint density at radius 1 is 1.13 bits per heavy atom. The third kappa shape index (κ3) is 6.34. The smallest absolute Gasteiger partial charge is 0.191 e. The van der Waals surface area contributed by atoms with Crippen LogP contribution < -0.4 is 10.6 Å². The van der Waals surface area contributed by atoms with E-state index in [0.29, 0.717) is 5.41 Å². The Morgan fingerprint density at radius 3 is 2.57 bits per heavy atom. The first-order chi connectivity index (χ1) is 14.6. The minimum atomic E-state index is 0.361. The van der Waals surface area contributed by atoms with Crippen molar-refractivity contribution in [3.8, 4) is 0 Å². The third-order valence-corrected chi connectivity index (χ3v) is 6.12. The summed E-state index contributed by atoms with van der Waals surface area (Å²) in [4.78, 5) is 6.69. The van der Waals surface area contributed by atoms with Crippen molar-refractivity contribution >= 4 is 5.96 Å². The van der Waals surface area contributed by atoms with Crippen molar-refractivity contribution in [3.63, 3.8) is 0 Å². The van der Waals surface area contributed by atoms with E-state index < -0.39 is 0 Å². The molecule has 2 N–H and O–H groups in total. The normalized spacial score (nSPS) is 15.8. The first-order valence-electron chi connectivity index (χ1n) is 10.9. The minimum absolute atomic E-state index is 0.361. The first kappa shape index (κ1) is 22.4. The number of hydrogen-bond acceptors (Lipinski definition) is 4. The summed E-state index contributed by atoms with van der Waals surface area (Å²) in [5, 5.41) is 7.03. The van der Waals surface area contributed by atoms with Crippen LogP contribution in [0.15, 0.2) is 52.1 Å². The molecule has 2 aromatic rings. The van der Waals surface area contributed by atoms with Gasteiger partial charge in [0.25, 0.3) is 0 Å². The van der Waals surface area contributed by atoms with Crippen molar-refractivity contribution in [1.29, 1.82) is 0 Å². The van der Waals surface area contributed by atoms with Crippen molar-refractivity contribution in [2.24, 2.45) is 10.4 Å². The maximum Gasteiger partial charge on any atom is 0.191 e. The molecule has 3 rings (SSSR count). The van der Waals surface area contributed by atoms with E-state index in [1.165, 1.54) is 30.4 Å². The molecule has 1 saturated carbocycles. The molecule has 164 valence electrons. The number of benzene rings is 1. The summed E-state index contributed by atoms with van der Waals surface area (Å²) >= 11 is 0. The topological polar surface area (TPSA) is 62.0 Å². The Bertz CT molecular complexity index is 784. The number of furan rings is 1. The van der Waals surface area contributed by atoms with Crippen molar-refractivity contribution in [1.82, 2.24) is 15.5 Å². The number of nitrogens with one attached hydrogen (secondary N) is 2. The number of methoxy groups -OCH3 is 1. The van der Waals surface area contributed by atoms with Gasteiger partial charge in [-0.3, -0.25) is 9.89 Å². The summed E-state index contributed by atoms with van der Waals surface area (Å²) < 4.78 is 10.8. The summed E-state index contributed by atoms with van der Waals surface area (Å²) in [6.07, 6.45) is 6.69. The number of guanidine groups is 1. The van der Waals surface area contributed by atoms with Gasteiger partial charge >= 0.3 is 0 Å². The lowest BCUT2D eigenvalue weighted by atomic mass is 9.67. The fraction of sp³-hybridized carbons (Fsp3) is 0.542. The highest BCUT2D eigenvalue weighted by Gasteiger charge is 2.36. The molecule has 0 radical (unpaired) electrons. The molecular weight excluding hydrogens is 376 g/mol. The monoisotopic (exact) mass is 412 g/mol. The van der Waals surface area contributed by atoms with Gasteiger partial charge in [0.05, 0.1) is 12.8 Å². The first-order valence-corrected chi connectivity index (χ1v) is 10.9. The van der Waals surface area contributed by atoms with Crippen molar-refractivity contribution in [3.05, 3.63) is 59.5 Å². The highest BCUT2D eigenvalue weighted by molar-refractivity contribution is 5.79. The molecule has 1 aromatic heterocycles. The molecule has 1 fully saturated rings. The second-order valence-electron chi connectivity index (χ2n) is 8.40. The van der Waals surface area contributed by atoms with E-state index in [9.17, 15) is 0 Å². The zero-order chi connectivity index (χ0) is 21.2. The maximum absolute atomic E-state index is 5.47. The lowest BCUT2D eigenvalue weighted by Gasteiger charge is -2.42. The highest BCUT2D eigenvalue weighted by Crippen LogP contribution is 2.43. The van der Waals surface area contributed by atoms with Crippen molar-refractivity contribution in [2.75, 3.05) is 34.4 Å². The quantitative estimate of drug-likeness (QED) is 0.434. The van der Waals surface area contributed by atoms with Gasteiger partial charge in [-0.15, -0.1) is 0 Å². The molecule has 0 unspecified atom stereocenters. The van der Waals surface area contributed by atoms with Gasteiger partial charge in [0.15, 0.2) is 5.96 Å².